The third-order valence-electron chi connectivity index (χ3n) is 7.54. The second-order valence-corrected chi connectivity index (χ2v) is 14.1. The van der Waals surface area contributed by atoms with E-state index >= 15 is 0 Å². The molecule has 1 spiro atoms. The molecule has 2 aromatic carbocycles. The standard InChI is InChI=1S/C28H36FN3O6S2/c1-3-32(27(33)25(30)19-38-18-20-7-11-22(29)12-8-20)17-24-26(21-9-13-23(14-10-21)39(2,34)35)40(36,37)31-28(24)15-5-4-6-16-28/h7-14,25,31H,3-6,15-19,30H2,1-2H3. The fraction of sp³-hybridized carbons (Fsp3) is 0.464. The van der Waals surface area contributed by atoms with E-state index in [-0.39, 0.29) is 41.3 Å². The van der Waals surface area contributed by atoms with Crippen molar-refractivity contribution < 1.29 is 30.8 Å². The maximum absolute atomic E-state index is 13.5. The molecule has 3 N–H and O–H groups in total. The van der Waals surface area contributed by atoms with Gasteiger partial charge in [-0.05, 0) is 60.7 Å². The van der Waals surface area contributed by atoms with E-state index in [0.29, 0.717) is 30.5 Å². The third kappa shape index (κ3) is 6.63. The zero-order chi connectivity index (χ0) is 29.1. The van der Waals surface area contributed by atoms with Gasteiger partial charge in [0.2, 0.25) is 15.9 Å². The Morgan fingerprint density at radius 2 is 1.73 bits per heavy atom. The Bertz CT molecular complexity index is 1470. The molecule has 2 aromatic rings. The minimum absolute atomic E-state index is 0.0520. The minimum Gasteiger partial charge on any atom is -0.375 e. The van der Waals surface area contributed by atoms with Crippen molar-refractivity contribution in [2.45, 2.75) is 62.1 Å². The van der Waals surface area contributed by atoms with Crippen molar-refractivity contribution in [3.05, 3.63) is 71.0 Å². The van der Waals surface area contributed by atoms with Crippen LogP contribution in [-0.4, -0.2) is 65.2 Å². The molecule has 1 fully saturated rings. The quantitative estimate of drug-likeness (QED) is 0.432. The number of benzene rings is 2. The van der Waals surface area contributed by atoms with E-state index in [1.807, 2.05) is 0 Å². The van der Waals surface area contributed by atoms with Crippen LogP contribution in [0, 0.1) is 5.82 Å². The SMILES string of the molecule is CCN(CC1=C(c2ccc(S(C)(=O)=O)cc2)S(=O)(=O)NC12CCCCC2)C(=O)C(N)COCc1ccc(F)cc1. The van der Waals surface area contributed by atoms with E-state index in [1.165, 1.54) is 41.3 Å². The summed E-state index contributed by atoms with van der Waals surface area (Å²) in [5.41, 5.74) is 7.08. The second kappa shape index (κ2) is 12.1. The van der Waals surface area contributed by atoms with Gasteiger partial charge in [0.15, 0.2) is 9.84 Å². The van der Waals surface area contributed by atoms with E-state index in [4.69, 9.17) is 10.5 Å². The molecule has 2 aliphatic rings. The summed E-state index contributed by atoms with van der Waals surface area (Å²) >= 11 is 0. The molecule has 0 radical (unpaired) electrons. The van der Waals surface area contributed by atoms with Crippen LogP contribution in [0.25, 0.3) is 4.91 Å². The molecule has 1 amide bonds. The number of halogens is 1. The number of sulfone groups is 1. The molecule has 218 valence electrons. The molecule has 1 aliphatic heterocycles. The number of ether oxygens (including phenoxy) is 1. The van der Waals surface area contributed by atoms with Gasteiger partial charge in [0, 0.05) is 19.3 Å². The monoisotopic (exact) mass is 593 g/mol. The van der Waals surface area contributed by atoms with Gasteiger partial charge in [-0.1, -0.05) is 43.5 Å². The molecular weight excluding hydrogens is 557 g/mol. The molecule has 1 heterocycles. The first kappa shape index (κ1) is 30.3. The predicted octanol–water partition coefficient (Wildman–Crippen LogP) is 2.97. The lowest BCUT2D eigenvalue weighted by atomic mass is 9.76. The largest absolute Gasteiger partial charge is 0.375 e. The van der Waals surface area contributed by atoms with Crippen molar-refractivity contribution in [3.8, 4) is 0 Å². The second-order valence-electron chi connectivity index (χ2n) is 10.5. The summed E-state index contributed by atoms with van der Waals surface area (Å²) in [5, 5.41) is 0. The van der Waals surface area contributed by atoms with E-state index in [2.05, 4.69) is 4.72 Å². The zero-order valence-electron chi connectivity index (χ0n) is 22.7. The first-order valence-corrected chi connectivity index (χ1v) is 16.7. The maximum atomic E-state index is 13.5. The van der Waals surface area contributed by atoms with Crippen molar-refractivity contribution in [3.63, 3.8) is 0 Å². The molecule has 12 heteroatoms. The molecule has 9 nitrogen and oxygen atoms in total. The molecule has 1 aliphatic carbocycles. The smallest absolute Gasteiger partial charge is 0.242 e. The number of nitrogens with zero attached hydrogens (tertiary/aromatic N) is 1. The number of carbonyl (C=O) groups is 1. The molecule has 4 rings (SSSR count). The highest BCUT2D eigenvalue weighted by molar-refractivity contribution is 7.99. The Balaban J connectivity index is 1.61. The first-order chi connectivity index (χ1) is 18.9. The van der Waals surface area contributed by atoms with Gasteiger partial charge >= 0.3 is 0 Å². The van der Waals surface area contributed by atoms with Crippen molar-refractivity contribution in [2.75, 3.05) is 26.0 Å². The zero-order valence-corrected chi connectivity index (χ0v) is 24.4. The normalized spacial score (nSPS) is 19.1. The Morgan fingerprint density at radius 1 is 1.10 bits per heavy atom. The highest BCUT2D eigenvalue weighted by Gasteiger charge is 2.49. The molecule has 1 saturated carbocycles. The third-order valence-corrected chi connectivity index (χ3v) is 10.3. The topological polar surface area (TPSA) is 136 Å². The van der Waals surface area contributed by atoms with Crippen molar-refractivity contribution >= 4 is 30.7 Å². The maximum Gasteiger partial charge on any atom is 0.242 e. The predicted molar refractivity (Wildman–Crippen MR) is 151 cm³/mol. The van der Waals surface area contributed by atoms with Crippen LogP contribution in [0.15, 0.2) is 59.0 Å². The fourth-order valence-electron chi connectivity index (χ4n) is 5.44. The van der Waals surface area contributed by atoms with E-state index in [9.17, 15) is 26.0 Å². The molecule has 1 atom stereocenters. The summed E-state index contributed by atoms with van der Waals surface area (Å²) in [6, 6.07) is 10.7. The number of hydrogen-bond donors (Lipinski definition) is 2. The van der Waals surface area contributed by atoms with Crippen LogP contribution in [0.4, 0.5) is 4.39 Å². The minimum atomic E-state index is -3.93. The van der Waals surface area contributed by atoms with Crippen LogP contribution in [-0.2, 0) is 36.0 Å². The van der Waals surface area contributed by atoms with Crippen LogP contribution in [0.5, 0.6) is 0 Å². The molecule has 0 bridgehead atoms. The van der Waals surface area contributed by atoms with Gasteiger partial charge in [-0.2, -0.15) is 0 Å². The highest BCUT2D eigenvalue weighted by atomic mass is 32.2. The fourth-order valence-corrected chi connectivity index (χ4v) is 8.05. The summed E-state index contributed by atoms with van der Waals surface area (Å²) < 4.78 is 72.7. The Labute approximate surface area is 235 Å². The lowest BCUT2D eigenvalue weighted by Crippen LogP contribution is -2.51. The van der Waals surface area contributed by atoms with Crippen LogP contribution in [0.3, 0.4) is 0 Å². The summed E-state index contributed by atoms with van der Waals surface area (Å²) in [7, 11) is -7.39. The van der Waals surface area contributed by atoms with Crippen molar-refractivity contribution in [1.82, 2.24) is 9.62 Å². The molecule has 0 saturated heterocycles. The van der Waals surface area contributed by atoms with Crippen molar-refractivity contribution in [1.29, 1.82) is 0 Å². The number of rotatable bonds is 10. The number of likely N-dealkylation sites (N-methyl/N-ethyl adjacent to an activating group) is 1. The number of nitrogens with two attached hydrogens (primary N) is 1. The van der Waals surface area contributed by atoms with Gasteiger partial charge in [0.05, 0.1) is 28.6 Å². The number of hydrogen-bond acceptors (Lipinski definition) is 7. The van der Waals surface area contributed by atoms with E-state index in [0.717, 1.165) is 31.1 Å². The number of nitrogens with one attached hydrogen (secondary N) is 1. The van der Waals surface area contributed by atoms with Gasteiger partial charge in [-0.15, -0.1) is 0 Å². The average molecular weight is 594 g/mol. The van der Waals surface area contributed by atoms with E-state index in [1.54, 1.807) is 19.1 Å². The van der Waals surface area contributed by atoms with Crippen LogP contribution in [0.1, 0.15) is 50.2 Å². The van der Waals surface area contributed by atoms with Crippen molar-refractivity contribution in [2.24, 2.45) is 5.73 Å². The Hall–Kier alpha value is -2.64. The average Bonchev–Trinajstić information content (AvgIpc) is 3.12. The Morgan fingerprint density at radius 3 is 2.30 bits per heavy atom. The molecule has 1 unspecified atom stereocenters. The van der Waals surface area contributed by atoms with Gasteiger partial charge < -0.3 is 15.4 Å². The van der Waals surface area contributed by atoms with Crippen LogP contribution in [0.2, 0.25) is 0 Å². The van der Waals surface area contributed by atoms with Gasteiger partial charge in [0.1, 0.15) is 11.9 Å². The summed E-state index contributed by atoms with van der Waals surface area (Å²) in [6.45, 7) is 2.25. The lowest BCUT2D eigenvalue weighted by Gasteiger charge is -2.37. The van der Waals surface area contributed by atoms with Gasteiger partial charge in [0.25, 0.3) is 0 Å². The van der Waals surface area contributed by atoms with Crippen LogP contribution >= 0.6 is 0 Å². The van der Waals surface area contributed by atoms with Gasteiger partial charge in [-0.25, -0.2) is 25.9 Å². The number of carbonyl (C=O) groups excluding carboxylic acids is 1. The van der Waals surface area contributed by atoms with Gasteiger partial charge in [-0.3, -0.25) is 4.79 Å². The summed E-state index contributed by atoms with van der Waals surface area (Å²) in [6.07, 6.45) is 4.96. The molecular formula is C28H36FN3O6S2. The summed E-state index contributed by atoms with van der Waals surface area (Å²) in [4.78, 5) is 15.1. The number of sulfonamides is 1. The van der Waals surface area contributed by atoms with Crippen LogP contribution < -0.4 is 10.5 Å². The molecule has 40 heavy (non-hydrogen) atoms. The summed E-state index contributed by atoms with van der Waals surface area (Å²) in [5.74, 6) is -0.732. The number of amides is 1. The van der Waals surface area contributed by atoms with E-state index < -0.39 is 31.4 Å². The highest BCUT2D eigenvalue weighted by Crippen LogP contribution is 2.45. The first-order valence-electron chi connectivity index (χ1n) is 13.3. The Kier molecular flexibility index (Phi) is 9.15. The molecule has 0 aromatic heterocycles. The lowest BCUT2D eigenvalue weighted by molar-refractivity contribution is -0.133.